The van der Waals surface area contributed by atoms with Crippen LogP contribution < -0.4 is 15.4 Å². The summed E-state index contributed by atoms with van der Waals surface area (Å²) in [5.74, 6) is 1.05. The molecule has 0 spiro atoms. The van der Waals surface area contributed by atoms with Crippen molar-refractivity contribution < 1.29 is 8.42 Å². The van der Waals surface area contributed by atoms with Gasteiger partial charge in [-0.25, -0.2) is 23.1 Å². The molecule has 2 rings (SSSR count). The fraction of sp³-hybridized carbons (Fsp3) is 0.556. The lowest BCUT2D eigenvalue weighted by molar-refractivity contribution is 0.580. The van der Waals surface area contributed by atoms with Crippen molar-refractivity contribution in [3.05, 3.63) is 31.9 Å². The predicted octanol–water partition coefficient (Wildman–Crippen LogP) is 2.98. The van der Waals surface area contributed by atoms with Crippen LogP contribution in [0.15, 0.2) is 21.3 Å². The first kappa shape index (κ1) is 22.8. The summed E-state index contributed by atoms with van der Waals surface area (Å²) in [5.41, 5.74) is 1.08. The summed E-state index contributed by atoms with van der Waals surface area (Å²) in [6.45, 7) is 11.9. The van der Waals surface area contributed by atoms with E-state index in [-0.39, 0.29) is 6.54 Å². The molecule has 0 fully saturated rings. The van der Waals surface area contributed by atoms with Gasteiger partial charge in [-0.15, -0.1) is 22.7 Å². The maximum Gasteiger partial charge on any atom is 0.241 e. The average Bonchev–Trinajstić information content (AvgIpc) is 3.23. The number of guanidine groups is 1. The van der Waals surface area contributed by atoms with E-state index in [2.05, 4.69) is 44.6 Å². The quantitative estimate of drug-likeness (QED) is 0.315. The number of nitrogens with one attached hydrogen (secondary N) is 3. The van der Waals surface area contributed by atoms with Gasteiger partial charge in [0.1, 0.15) is 5.01 Å². The lowest BCUT2D eigenvalue weighted by atomic mass is 10.2. The Morgan fingerprint density at radius 1 is 1.25 bits per heavy atom. The van der Waals surface area contributed by atoms with E-state index in [0.29, 0.717) is 29.9 Å². The fourth-order valence-electron chi connectivity index (χ4n) is 2.47. The highest BCUT2D eigenvalue weighted by atomic mass is 32.2. The van der Waals surface area contributed by atoms with E-state index in [9.17, 15) is 8.42 Å². The van der Waals surface area contributed by atoms with Gasteiger partial charge in [-0.3, -0.25) is 0 Å². The number of rotatable bonds is 9. The van der Waals surface area contributed by atoms with E-state index < -0.39 is 10.0 Å². The standard InChI is InChI=1S/C18H29N5O2S3/c1-6-19-18(21-10-17-23-15(11-26-17)12(2)3)20-7-8-22-28(24,25)16-9-13(4)27-14(16)5/h9,11-12,22H,6-8,10H2,1-5H3,(H2,19,20,21). The Balaban J connectivity index is 1.87. The van der Waals surface area contributed by atoms with Gasteiger partial charge in [0.05, 0.1) is 17.1 Å². The minimum Gasteiger partial charge on any atom is -0.357 e. The Labute approximate surface area is 175 Å². The third-order valence-electron chi connectivity index (χ3n) is 3.87. The molecule has 2 aromatic heterocycles. The first-order chi connectivity index (χ1) is 13.2. The SMILES string of the molecule is CCNC(=NCc1nc(C(C)C)cs1)NCCNS(=O)(=O)c1cc(C)sc1C. The second-order valence-electron chi connectivity index (χ2n) is 6.62. The van der Waals surface area contributed by atoms with Crippen molar-refractivity contribution in [1.29, 1.82) is 0 Å². The van der Waals surface area contributed by atoms with E-state index in [1.54, 1.807) is 17.4 Å². The largest absolute Gasteiger partial charge is 0.357 e. The number of thiophene rings is 1. The molecule has 2 heterocycles. The smallest absolute Gasteiger partial charge is 0.241 e. The van der Waals surface area contributed by atoms with Gasteiger partial charge < -0.3 is 10.6 Å². The molecule has 0 saturated heterocycles. The number of hydrogen-bond acceptors (Lipinski definition) is 6. The molecule has 2 aromatic rings. The average molecular weight is 444 g/mol. The summed E-state index contributed by atoms with van der Waals surface area (Å²) in [4.78, 5) is 11.3. The van der Waals surface area contributed by atoms with Crippen LogP contribution in [0.1, 0.15) is 47.1 Å². The molecule has 0 aliphatic carbocycles. The van der Waals surface area contributed by atoms with Crippen molar-refractivity contribution >= 4 is 38.7 Å². The molecule has 0 radical (unpaired) electrons. The number of thiazole rings is 1. The number of nitrogens with zero attached hydrogens (tertiary/aromatic N) is 2. The van der Waals surface area contributed by atoms with Crippen LogP contribution in [0.5, 0.6) is 0 Å². The molecular weight excluding hydrogens is 414 g/mol. The predicted molar refractivity (Wildman–Crippen MR) is 118 cm³/mol. The van der Waals surface area contributed by atoms with Gasteiger partial charge in [0.15, 0.2) is 5.96 Å². The Hall–Kier alpha value is -1.49. The normalized spacial score (nSPS) is 12.6. The molecule has 0 aliphatic rings. The van der Waals surface area contributed by atoms with E-state index in [1.807, 2.05) is 20.8 Å². The first-order valence-electron chi connectivity index (χ1n) is 9.26. The molecule has 0 aliphatic heterocycles. The number of hydrogen-bond donors (Lipinski definition) is 3. The van der Waals surface area contributed by atoms with Gasteiger partial charge >= 0.3 is 0 Å². The van der Waals surface area contributed by atoms with Gasteiger partial charge in [0.25, 0.3) is 0 Å². The Morgan fingerprint density at radius 2 is 2.00 bits per heavy atom. The molecule has 156 valence electrons. The second kappa shape index (κ2) is 10.3. The number of aliphatic imine (C=N–C) groups is 1. The van der Waals surface area contributed by atoms with Crippen molar-refractivity contribution in [2.75, 3.05) is 19.6 Å². The molecule has 0 saturated carbocycles. The summed E-state index contributed by atoms with van der Waals surface area (Å²) in [6, 6.07) is 1.71. The lowest BCUT2D eigenvalue weighted by Crippen LogP contribution is -2.41. The highest BCUT2D eigenvalue weighted by molar-refractivity contribution is 7.89. The summed E-state index contributed by atoms with van der Waals surface area (Å²) >= 11 is 3.09. The van der Waals surface area contributed by atoms with Crippen molar-refractivity contribution in [3.8, 4) is 0 Å². The topological polar surface area (TPSA) is 95.5 Å². The van der Waals surface area contributed by atoms with Gasteiger partial charge in [-0.2, -0.15) is 0 Å². The Bertz CT molecular complexity index is 900. The summed E-state index contributed by atoms with van der Waals surface area (Å²) < 4.78 is 27.5. The summed E-state index contributed by atoms with van der Waals surface area (Å²) in [6.07, 6.45) is 0. The van der Waals surface area contributed by atoms with Crippen molar-refractivity contribution in [2.45, 2.75) is 52.0 Å². The molecule has 0 atom stereocenters. The minimum atomic E-state index is -3.49. The van der Waals surface area contributed by atoms with E-state index >= 15 is 0 Å². The molecule has 10 heteroatoms. The van der Waals surface area contributed by atoms with E-state index in [0.717, 1.165) is 27.0 Å². The molecule has 0 amide bonds. The summed E-state index contributed by atoms with van der Waals surface area (Å²) in [5, 5.41) is 9.35. The zero-order chi connectivity index (χ0) is 20.7. The lowest BCUT2D eigenvalue weighted by Gasteiger charge is -2.11. The highest BCUT2D eigenvalue weighted by Crippen LogP contribution is 2.24. The van der Waals surface area contributed by atoms with Crippen molar-refractivity contribution in [1.82, 2.24) is 20.3 Å². The molecule has 3 N–H and O–H groups in total. The van der Waals surface area contributed by atoms with Gasteiger partial charge in [-0.05, 0) is 32.8 Å². The first-order valence-corrected chi connectivity index (χ1v) is 12.4. The highest BCUT2D eigenvalue weighted by Gasteiger charge is 2.18. The van der Waals surface area contributed by atoms with Crippen molar-refractivity contribution in [3.63, 3.8) is 0 Å². The van der Waals surface area contributed by atoms with Crippen LogP contribution in [0, 0.1) is 13.8 Å². The minimum absolute atomic E-state index is 0.274. The van der Waals surface area contributed by atoms with Crippen LogP contribution >= 0.6 is 22.7 Å². The number of aryl methyl sites for hydroxylation is 2. The molecule has 0 bridgehead atoms. The fourth-order valence-corrected chi connectivity index (χ4v) is 5.93. The summed E-state index contributed by atoms with van der Waals surface area (Å²) in [7, 11) is -3.49. The molecule has 28 heavy (non-hydrogen) atoms. The van der Waals surface area contributed by atoms with Crippen LogP contribution in [0.3, 0.4) is 0 Å². The Kier molecular flexibility index (Phi) is 8.41. The zero-order valence-electron chi connectivity index (χ0n) is 17.0. The number of sulfonamides is 1. The maximum absolute atomic E-state index is 12.4. The van der Waals surface area contributed by atoms with Gasteiger partial charge in [-0.1, -0.05) is 13.8 Å². The third-order valence-corrected chi connectivity index (χ3v) is 7.41. The second-order valence-corrected chi connectivity index (χ2v) is 10.8. The molecule has 7 nitrogen and oxygen atoms in total. The van der Waals surface area contributed by atoms with E-state index in [4.69, 9.17) is 0 Å². The van der Waals surface area contributed by atoms with Crippen LogP contribution in [-0.4, -0.2) is 39.0 Å². The van der Waals surface area contributed by atoms with Crippen LogP contribution in [-0.2, 0) is 16.6 Å². The van der Waals surface area contributed by atoms with Crippen molar-refractivity contribution in [2.24, 2.45) is 4.99 Å². The molecule has 0 aromatic carbocycles. The van der Waals surface area contributed by atoms with Crippen LogP contribution in [0.2, 0.25) is 0 Å². The maximum atomic E-state index is 12.4. The third kappa shape index (κ3) is 6.54. The zero-order valence-corrected chi connectivity index (χ0v) is 19.4. The number of aromatic nitrogens is 1. The van der Waals surface area contributed by atoms with Crippen LogP contribution in [0.25, 0.3) is 0 Å². The monoisotopic (exact) mass is 443 g/mol. The van der Waals surface area contributed by atoms with E-state index in [1.165, 1.54) is 11.3 Å². The van der Waals surface area contributed by atoms with Gasteiger partial charge in [0.2, 0.25) is 10.0 Å². The van der Waals surface area contributed by atoms with Gasteiger partial charge in [0, 0.05) is 34.8 Å². The van der Waals surface area contributed by atoms with Crippen LogP contribution in [0.4, 0.5) is 0 Å². The molecular formula is C18H29N5O2S3. The Morgan fingerprint density at radius 3 is 2.57 bits per heavy atom. The molecule has 0 unspecified atom stereocenters.